The summed E-state index contributed by atoms with van der Waals surface area (Å²) in [6.45, 7) is 2.15. The van der Waals surface area contributed by atoms with Crippen LogP contribution in [0.25, 0.3) is 0 Å². The van der Waals surface area contributed by atoms with Crippen molar-refractivity contribution in [2.45, 2.75) is 19.0 Å². The average molecular weight is 270 g/mol. The van der Waals surface area contributed by atoms with Gasteiger partial charge >= 0.3 is 0 Å². The number of aromatic nitrogens is 2. The average Bonchev–Trinajstić information content (AvgIpc) is 3.11. The molecule has 104 valence electrons. The molecule has 0 spiro atoms. The number of carbonyl (C=O) groups excluding carboxylic acids is 1. The van der Waals surface area contributed by atoms with Crippen molar-refractivity contribution in [2.75, 3.05) is 18.0 Å². The van der Waals surface area contributed by atoms with Gasteiger partial charge in [-0.05, 0) is 30.7 Å². The van der Waals surface area contributed by atoms with Crippen LogP contribution in [0.2, 0.25) is 0 Å². The Bertz CT molecular complexity index is 553. The highest BCUT2D eigenvalue weighted by molar-refractivity contribution is 5.76. The van der Waals surface area contributed by atoms with Crippen LogP contribution in [0, 0.1) is 0 Å². The molecule has 1 aliphatic rings. The van der Waals surface area contributed by atoms with E-state index in [1.165, 1.54) is 0 Å². The van der Waals surface area contributed by atoms with Crippen molar-refractivity contribution in [3.63, 3.8) is 0 Å². The van der Waals surface area contributed by atoms with Crippen LogP contribution in [0.4, 0.5) is 5.82 Å². The first-order chi connectivity index (χ1) is 9.81. The summed E-state index contributed by atoms with van der Waals surface area (Å²) in [6.07, 6.45) is 6.56. The second kappa shape index (κ2) is 5.77. The van der Waals surface area contributed by atoms with Gasteiger partial charge in [0.1, 0.15) is 12.4 Å². The molecule has 0 bridgehead atoms. The lowest BCUT2D eigenvalue weighted by Gasteiger charge is -2.17. The van der Waals surface area contributed by atoms with Crippen LogP contribution in [-0.2, 0) is 11.3 Å². The zero-order chi connectivity index (χ0) is 13.8. The summed E-state index contributed by atoms with van der Waals surface area (Å²) in [5.41, 5.74) is 0. The van der Waals surface area contributed by atoms with Crippen molar-refractivity contribution < 1.29 is 4.79 Å². The number of hydrogen-bond acceptors (Lipinski definition) is 3. The number of carbonyl (C=O) groups is 1. The molecule has 2 aromatic rings. The van der Waals surface area contributed by atoms with Gasteiger partial charge in [-0.2, -0.15) is 0 Å². The Morgan fingerprint density at radius 1 is 1.30 bits per heavy atom. The van der Waals surface area contributed by atoms with Crippen molar-refractivity contribution in [3.8, 4) is 0 Å². The highest BCUT2D eigenvalue weighted by Crippen LogP contribution is 2.17. The number of amides is 1. The second-order valence-electron chi connectivity index (χ2n) is 5.04. The quantitative estimate of drug-likeness (QED) is 0.910. The van der Waals surface area contributed by atoms with Gasteiger partial charge in [0, 0.05) is 37.7 Å². The molecule has 1 N–H and O–H groups in total. The maximum atomic E-state index is 11.9. The molecule has 1 amide bonds. The number of anilines is 1. The van der Waals surface area contributed by atoms with E-state index >= 15 is 0 Å². The number of rotatable bonds is 4. The molecular formula is C15H18N4O. The fourth-order valence-electron chi connectivity index (χ4n) is 2.54. The molecule has 3 heterocycles. The molecule has 1 atom stereocenters. The van der Waals surface area contributed by atoms with Crippen LogP contribution in [0.15, 0.2) is 48.9 Å². The van der Waals surface area contributed by atoms with Gasteiger partial charge in [0.25, 0.3) is 0 Å². The fourth-order valence-corrected chi connectivity index (χ4v) is 2.54. The predicted octanol–water partition coefficient (Wildman–Crippen LogP) is 1.28. The van der Waals surface area contributed by atoms with Crippen LogP contribution < -0.4 is 10.2 Å². The molecule has 1 saturated heterocycles. The highest BCUT2D eigenvalue weighted by Gasteiger charge is 2.24. The first-order valence-corrected chi connectivity index (χ1v) is 6.87. The molecule has 1 aliphatic heterocycles. The Balaban J connectivity index is 1.52. The molecule has 3 rings (SSSR count). The molecule has 2 aromatic heterocycles. The van der Waals surface area contributed by atoms with Gasteiger partial charge in [0.05, 0.1) is 0 Å². The Labute approximate surface area is 118 Å². The Morgan fingerprint density at radius 3 is 2.90 bits per heavy atom. The lowest BCUT2D eigenvalue weighted by Crippen LogP contribution is -2.38. The summed E-state index contributed by atoms with van der Waals surface area (Å²) in [5.74, 6) is 1.05. The molecular weight excluding hydrogens is 252 g/mol. The third-order valence-corrected chi connectivity index (χ3v) is 3.52. The van der Waals surface area contributed by atoms with Gasteiger partial charge in [0.15, 0.2) is 0 Å². The largest absolute Gasteiger partial charge is 0.354 e. The van der Waals surface area contributed by atoms with E-state index < -0.39 is 0 Å². The number of pyridine rings is 1. The molecule has 5 heteroatoms. The summed E-state index contributed by atoms with van der Waals surface area (Å²) in [5, 5.41) is 3.09. The van der Waals surface area contributed by atoms with Crippen LogP contribution >= 0.6 is 0 Å². The second-order valence-corrected chi connectivity index (χ2v) is 5.04. The zero-order valence-corrected chi connectivity index (χ0v) is 11.3. The van der Waals surface area contributed by atoms with Crippen LogP contribution in [0.5, 0.6) is 0 Å². The summed E-state index contributed by atoms with van der Waals surface area (Å²) in [7, 11) is 0. The summed E-state index contributed by atoms with van der Waals surface area (Å²) in [6, 6.07) is 9.96. The van der Waals surface area contributed by atoms with Gasteiger partial charge in [-0.1, -0.05) is 6.07 Å². The maximum absolute atomic E-state index is 11.9. The van der Waals surface area contributed by atoms with Crippen molar-refractivity contribution >= 4 is 11.7 Å². The van der Waals surface area contributed by atoms with Gasteiger partial charge in [0.2, 0.25) is 5.91 Å². The van der Waals surface area contributed by atoms with Crippen molar-refractivity contribution in [1.29, 1.82) is 0 Å². The van der Waals surface area contributed by atoms with Gasteiger partial charge < -0.3 is 14.8 Å². The van der Waals surface area contributed by atoms with Gasteiger partial charge in [-0.25, -0.2) is 4.98 Å². The van der Waals surface area contributed by atoms with E-state index in [4.69, 9.17) is 0 Å². The number of hydrogen-bond donors (Lipinski definition) is 1. The fraction of sp³-hybridized carbons (Fsp3) is 0.333. The minimum absolute atomic E-state index is 0.0640. The van der Waals surface area contributed by atoms with E-state index in [9.17, 15) is 4.79 Å². The Morgan fingerprint density at radius 2 is 2.15 bits per heavy atom. The van der Waals surface area contributed by atoms with Crippen LogP contribution in [-0.4, -0.2) is 34.6 Å². The standard InChI is InChI=1S/C15H18N4O/c20-15(12-18-8-3-4-9-18)17-13-6-10-19(11-13)14-5-1-2-7-16-14/h1-5,7-9,13H,6,10-12H2,(H,17,20)/t13-/m1/s1. The molecule has 0 aliphatic carbocycles. The minimum atomic E-state index is 0.0640. The zero-order valence-electron chi connectivity index (χ0n) is 11.3. The van der Waals surface area contributed by atoms with E-state index in [1.807, 2.05) is 47.3 Å². The number of nitrogens with zero attached hydrogens (tertiary/aromatic N) is 3. The van der Waals surface area contributed by atoms with E-state index in [1.54, 1.807) is 6.20 Å². The Kier molecular flexibility index (Phi) is 3.67. The van der Waals surface area contributed by atoms with E-state index in [2.05, 4.69) is 15.2 Å². The van der Waals surface area contributed by atoms with Gasteiger partial charge in [-0.15, -0.1) is 0 Å². The predicted molar refractivity (Wildman–Crippen MR) is 77.4 cm³/mol. The third kappa shape index (κ3) is 2.99. The third-order valence-electron chi connectivity index (χ3n) is 3.52. The summed E-state index contributed by atoms with van der Waals surface area (Å²) in [4.78, 5) is 18.5. The number of nitrogens with one attached hydrogen (secondary N) is 1. The van der Waals surface area contributed by atoms with Crippen molar-refractivity contribution in [2.24, 2.45) is 0 Å². The minimum Gasteiger partial charge on any atom is -0.354 e. The van der Waals surface area contributed by atoms with E-state index in [0.29, 0.717) is 6.54 Å². The molecule has 0 saturated carbocycles. The van der Waals surface area contributed by atoms with Gasteiger partial charge in [-0.3, -0.25) is 4.79 Å². The normalized spacial score (nSPS) is 18.2. The lowest BCUT2D eigenvalue weighted by molar-refractivity contribution is -0.122. The maximum Gasteiger partial charge on any atom is 0.240 e. The van der Waals surface area contributed by atoms with Crippen molar-refractivity contribution in [3.05, 3.63) is 48.9 Å². The topological polar surface area (TPSA) is 50.2 Å². The molecule has 0 aromatic carbocycles. The first kappa shape index (κ1) is 12.7. The molecule has 0 unspecified atom stereocenters. The van der Waals surface area contributed by atoms with E-state index in [0.717, 1.165) is 25.3 Å². The SMILES string of the molecule is O=C(Cn1cccc1)N[C@@H]1CCN(c2ccccn2)C1. The molecule has 0 radical (unpaired) electrons. The van der Waals surface area contributed by atoms with Crippen molar-refractivity contribution in [1.82, 2.24) is 14.9 Å². The summed E-state index contributed by atoms with van der Waals surface area (Å²) >= 11 is 0. The lowest BCUT2D eigenvalue weighted by atomic mass is 10.2. The smallest absolute Gasteiger partial charge is 0.240 e. The van der Waals surface area contributed by atoms with E-state index in [-0.39, 0.29) is 11.9 Å². The summed E-state index contributed by atoms with van der Waals surface area (Å²) < 4.78 is 1.88. The molecule has 5 nitrogen and oxygen atoms in total. The Hall–Kier alpha value is -2.30. The van der Waals surface area contributed by atoms with Crippen LogP contribution in [0.3, 0.4) is 0 Å². The highest BCUT2D eigenvalue weighted by atomic mass is 16.2. The first-order valence-electron chi connectivity index (χ1n) is 6.87. The monoisotopic (exact) mass is 270 g/mol. The van der Waals surface area contributed by atoms with Crippen LogP contribution in [0.1, 0.15) is 6.42 Å². The molecule has 20 heavy (non-hydrogen) atoms. The molecule has 1 fully saturated rings.